The zero-order valence-corrected chi connectivity index (χ0v) is 6.69. The van der Waals surface area contributed by atoms with Crippen molar-refractivity contribution in [3.8, 4) is 0 Å². The summed E-state index contributed by atoms with van der Waals surface area (Å²) in [7, 11) is 2.00. The number of likely N-dealkylation sites (tertiary alicyclic amines) is 1. The molecular weight excluding hydrogens is 150 g/mol. The van der Waals surface area contributed by atoms with Crippen LogP contribution in [0, 0.1) is 0 Å². The molecule has 1 unspecified atom stereocenters. The zero-order chi connectivity index (χ0) is 8.27. The van der Waals surface area contributed by atoms with E-state index in [1.54, 1.807) is 0 Å². The molecule has 1 aliphatic rings. The molecule has 0 bridgehead atoms. The number of nitrogens with zero attached hydrogens (tertiary/aromatic N) is 1. The summed E-state index contributed by atoms with van der Waals surface area (Å²) < 4.78 is 23.4. The Hall–Kier alpha value is -0.220. The highest BCUT2D eigenvalue weighted by molar-refractivity contribution is 4.78. The third-order valence-electron chi connectivity index (χ3n) is 1.95. The molecule has 11 heavy (non-hydrogen) atoms. The molecule has 0 aromatic rings. The number of likely N-dealkylation sites (N-methyl/N-ethyl adjacent to an activating group) is 1. The van der Waals surface area contributed by atoms with E-state index in [1.165, 1.54) is 0 Å². The molecular formula is C7H14F2N2. The minimum Gasteiger partial charge on any atom is -0.307 e. The monoisotopic (exact) mass is 164 g/mol. The van der Waals surface area contributed by atoms with Crippen LogP contribution in [0.5, 0.6) is 0 Å². The molecule has 0 spiro atoms. The first-order valence-corrected chi connectivity index (χ1v) is 3.88. The lowest BCUT2D eigenvalue weighted by molar-refractivity contribution is 0.141. The van der Waals surface area contributed by atoms with Gasteiger partial charge in [0, 0.05) is 12.6 Å². The fourth-order valence-corrected chi connectivity index (χ4v) is 1.36. The van der Waals surface area contributed by atoms with Crippen molar-refractivity contribution >= 4 is 0 Å². The molecule has 2 nitrogen and oxygen atoms in total. The maximum absolute atomic E-state index is 11.7. The van der Waals surface area contributed by atoms with Gasteiger partial charge in [0.15, 0.2) is 0 Å². The Morgan fingerprint density at radius 3 is 2.82 bits per heavy atom. The van der Waals surface area contributed by atoms with Crippen molar-refractivity contribution in [2.24, 2.45) is 0 Å². The second kappa shape index (κ2) is 3.97. The topological polar surface area (TPSA) is 15.3 Å². The molecule has 1 atom stereocenters. The third kappa shape index (κ3) is 3.12. The average Bonchev–Trinajstić information content (AvgIpc) is 2.31. The summed E-state index contributed by atoms with van der Waals surface area (Å²) in [5, 5.41) is 2.82. The molecule has 0 saturated carbocycles. The van der Waals surface area contributed by atoms with E-state index in [4.69, 9.17) is 0 Å². The van der Waals surface area contributed by atoms with Crippen LogP contribution < -0.4 is 5.32 Å². The molecule has 4 heteroatoms. The summed E-state index contributed by atoms with van der Waals surface area (Å²) in [6, 6.07) is 0.272. The van der Waals surface area contributed by atoms with E-state index in [-0.39, 0.29) is 12.6 Å². The average molecular weight is 164 g/mol. The van der Waals surface area contributed by atoms with Gasteiger partial charge in [0.25, 0.3) is 6.43 Å². The number of hydrogen-bond donors (Lipinski definition) is 1. The van der Waals surface area contributed by atoms with E-state index in [1.807, 2.05) is 7.05 Å². The summed E-state index contributed by atoms with van der Waals surface area (Å²) in [5.74, 6) is 0. The first-order chi connectivity index (χ1) is 5.18. The molecule has 0 aliphatic carbocycles. The van der Waals surface area contributed by atoms with Crippen LogP contribution in [0.4, 0.5) is 8.78 Å². The van der Waals surface area contributed by atoms with Crippen LogP contribution in [-0.4, -0.2) is 44.0 Å². The molecule has 1 fully saturated rings. The van der Waals surface area contributed by atoms with Crippen molar-refractivity contribution in [1.82, 2.24) is 10.2 Å². The van der Waals surface area contributed by atoms with E-state index in [0.29, 0.717) is 0 Å². The van der Waals surface area contributed by atoms with E-state index in [2.05, 4.69) is 10.2 Å². The Morgan fingerprint density at radius 2 is 2.36 bits per heavy atom. The highest BCUT2D eigenvalue weighted by Crippen LogP contribution is 2.06. The van der Waals surface area contributed by atoms with Crippen LogP contribution in [0.15, 0.2) is 0 Å². The first-order valence-electron chi connectivity index (χ1n) is 3.88. The molecule has 1 N–H and O–H groups in total. The SMILES string of the molecule is CN1CCC(NCC(F)F)C1. The van der Waals surface area contributed by atoms with Crippen molar-refractivity contribution in [2.45, 2.75) is 18.9 Å². The van der Waals surface area contributed by atoms with Crippen LogP contribution in [-0.2, 0) is 0 Å². The molecule has 66 valence electrons. The highest BCUT2D eigenvalue weighted by Gasteiger charge is 2.19. The number of hydrogen-bond acceptors (Lipinski definition) is 2. The summed E-state index contributed by atoms with van der Waals surface area (Å²) in [6.45, 7) is 1.74. The van der Waals surface area contributed by atoms with E-state index in [9.17, 15) is 8.78 Å². The maximum atomic E-state index is 11.7. The lowest BCUT2D eigenvalue weighted by Gasteiger charge is -2.11. The van der Waals surface area contributed by atoms with Crippen LogP contribution in [0.2, 0.25) is 0 Å². The summed E-state index contributed by atoms with van der Waals surface area (Å²) in [6.07, 6.45) is -1.23. The Bertz CT molecular complexity index is 119. The second-order valence-corrected chi connectivity index (χ2v) is 3.05. The lowest BCUT2D eigenvalue weighted by Crippen LogP contribution is -2.34. The first kappa shape index (κ1) is 8.87. The maximum Gasteiger partial charge on any atom is 0.250 e. The quantitative estimate of drug-likeness (QED) is 0.655. The van der Waals surface area contributed by atoms with Gasteiger partial charge in [-0.25, -0.2) is 8.78 Å². The van der Waals surface area contributed by atoms with Gasteiger partial charge >= 0.3 is 0 Å². The number of nitrogens with one attached hydrogen (secondary N) is 1. The van der Waals surface area contributed by atoms with E-state index >= 15 is 0 Å². The van der Waals surface area contributed by atoms with Gasteiger partial charge in [-0.2, -0.15) is 0 Å². The van der Waals surface area contributed by atoms with Crippen LogP contribution >= 0.6 is 0 Å². The van der Waals surface area contributed by atoms with Gasteiger partial charge in [0.1, 0.15) is 0 Å². The lowest BCUT2D eigenvalue weighted by atomic mass is 10.3. The Labute approximate surface area is 65.6 Å². The summed E-state index contributed by atoms with van der Waals surface area (Å²) >= 11 is 0. The van der Waals surface area contributed by atoms with Crippen LogP contribution in [0.25, 0.3) is 0 Å². The Balaban J connectivity index is 2.08. The zero-order valence-electron chi connectivity index (χ0n) is 6.69. The predicted octanol–water partition coefficient (Wildman–Crippen LogP) is 0.545. The van der Waals surface area contributed by atoms with Gasteiger partial charge in [-0.15, -0.1) is 0 Å². The fraction of sp³-hybridized carbons (Fsp3) is 1.00. The van der Waals surface area contributed by atoms with Crippen molar-refractivity contribution < 1.29 is 8.78 Å². The molecule has 0 aromatic carbocycles. The van der Waals surface area contributed by atoms with E-state index < -0.39 is 6.43 Å². The largest absolute Gasteiger partial charge is 0.307 e. The normalized spacial score (nSPS) is 26.7. The van der Waals surface area contributed by atoms with Crippen molar-refractivity contribution in [1.29, 1.82) is 0 Å². The van der Waals surface area contributed by atoms with Gasteiger partial charge < -0.3 is 10.2 Å². The second-order valence-electron chi connectivity index (χ2n) is 3.05. The minimum absolute atomic E-state index is 0.168. The molecule has 1 heterocycles. The molecule has 1 aliphatic heterocycles. The standard InChI is InChI=1S/C7H14F2N2/c1-11-3-2-6(5-11)10-4-7(8)9/h6-7,10H,2-5H2,1H3. The Morgan fingerprint density at radius 1 is 1.64 bits per heavy atom. The minimum atomic E-state index is -2.22. The predicted molar refractivity (Wildman–Crippen MR) is 39.9 cm³/mol. The number of rotatable bonds is 3. The smallest absolute Gasteiger partial charge is 0.250 e. The van der Waals surface area contributed by atoms with Crippen molar-refractivity contribution in [2.75, 3.05) is 26.7 Å². The van der Waals surface area contributed by atoms with Crippen molar-refractivity contribution in [3.63, 3.8) is 0 Å². The summed E-state index contributed by atoms with van der Waals surface area (Å²) in [4.78, 5) is 2.14. The fourth-order valence-electron chi connectivity index (χ4n) is 1.36. The van der Waals surface area contributed by atoms with Gasteiger partial charge in [0.2, 0.25) is 0 Å². The van der Waals surface area contributed by atoms with Gasteiger partial charge in [0.05, 0.1) is 6.54 Å². The van der Waals surface area contributed by atoms with Gasteiger partial charge in [-0.05, 0) is 20.0 Å². The van der Waals surface area contributed by atoms with E-state index in [0.717, 1.165) is 19.5 Å². The van der Waals surface area contributed by atoms with Crippen LogP contribution in [0.1, 0.15) is 6.42 Å². The number of halogens is 2. The third-order valence-corrected chi connectivity index (χ3v) is 1.95. The molecule has 1 rings (SSSR count). The van der Waals surface area contributed by atoms with Crippen molar-refractivity contribution in [3.05, 3.63) is 0 Å². The van der Waals surface area contributed by atoms with Crippen LogP contribution in [0.3, 0.4) is 0 Å². The Kier molecular flexibility index (Phi) is 3.20. The molecule has 0 amide bonds. The molecule has 1 saturated heterocycles. The van der Waals surface area contributed by atoms with Gasteiger partial charge in [-0.1, -0.05) is 0 Å². The number of alkyl halides is 2. The van der Waals surface area contributed by atoms with Gasteiger partial charge in [-0.3, -0.25) is 0 Å². The highest BCUT2D eigenvalue weighted by atomic mass is 19.3. The molecule has 0 radical (unpaired) electrons. The molecule has 0 aromatic heterocycles. The summed E-state index contributed by atoms with van der Waals surface area (Å²) in [5.41, 5.74) is 0.